The molecule has 0 aromatic heterocycles. The summed E-state index contributed by atoms with van der Waals surface area (Å²) >= 11 is 7.51. The first-order valence-electron chi connectivity index (χ1n) is 6.95. The Morgan fingerprint density at radius 2 is 1.67 bits per heavy atom. The Bertz CT molecular complexity index is 992. The van der Waals surface area contributed by atoms with Gasteiger partial charge in [0.2, 0.25) is 0 Å². The predicted molar refractivity (Wildman–Crippen MR) is 131 cm³/mol. The average molecular weight is 842 g/mol. The Hall–Kier alpha value is 0.340. The van der Waals surface area contributed by atoms with Crippen LogP contribution in [0.15, 0.2) is 29.2 Å². The Morgan fingerprint density at radius 1 is 1.00 bits per heavy atom. The van der Waals surface area contributed by atoms with E-state index in [0.717, 1.165) is 0 Å². The molecule has 27 heavy (non-hydrogen) atoms. The van der Waals surface area contributed by atoms with Crippen LogP contribution in [0.4, 0.5) is 0 Å². The minimum absolute atomic E-state index is 0.00156. The second-order valence-electron chi connectivity index (χ2n) is 4.94. The summed E-state index contributed by atoms with van der Waals surface area (Å²) in [6.45, 7) is -0.0614. The number of phenols is 1. The zero-order valence-corrected chi connectivity index (χ0v) is 22.5. The molecule has 0 bridgehead atoms. The zero-order valence-electron chi connectivity index (χ0n) is 13.1. The summed E-state index contributed by atoms with van der Waals surface area (Å²) in [6, 6.07) is 5.93. The highest BCUT2D eigenvalue weighted by Crippen LogP contribution is 2.36. The van der Waals surface area contributed by atoms with Crippen LogP contribution < -0.4 is 4.74 Å². The molecule has 0 atom stereocenters. The van der Waals surface area contributed by atoms with Crippen LogP contribution in [0, 0.1) is 14.3 Å². The molecule has 146 valence electrons. The Labute approximate surface area is 209 Å². The van der Waals surface area contributed by atoms with Gasteiger partial charge in [0.15, 0.2) is 0 Å². The van der Waals surface area contributed by atoms with Gasteiger partial charge in [0.1, 0.15) is 29.6 Å². The van der Waals surface area contributed by atoms with E-state index in [-0.39, 0.29) is 27.4 Å². The lowest BCUT2D eigenvalue weighted by Gasteiger charge is -2.14. The maximum absolute atomic E-state index is 12.0. The molecule has 0 amide bonds. The van der Waals surface area contributed by atoms with Gasteiger partial charge >= 0.3 is 5.97 Å². The van der Waals surface area contributed by atoms with Gasteiger partial charge in [-0.05, 0) is 115 Å². The first-order chi connectivity index (χ1) is 12.5. The van der Waals surface area contributed by atoms with E-state index in [4.69, 9.17) is 9.47 Å². The fourth-order valence-electron chi connectivity index (χ4n) is 1.92. The number of halogens is 4. The molecule has 2 rings (SSSR count). The summed E-state index contributed by atoms with van der Waals surface area (Å²) in [6.07, 6.45) is 0. The van der Waals surface area contributed by atoms with Gasteiger partial charge in [-0.1, -0.05) is 0 Å². The predicted octanol–water partition coefficient (Wildman–Crippen LogP) is 4.29. The highest BCUT2D eigenvalue weighted by atomic mass is 127. The van der Waals surface area contributed by atoms with E-state index in [9.17, 15) is 22.9 Å². The number of benzene rings is 2. The lowest BCUT2D eigenvalue weighted by Crippen LogP contribution is -2.14. The van der Waals surface area contributed by atoms with E-state index >= 15 is 0 Å². The molecule has 0 aliphatic carbocycles. The number of aromatic hydroxyl groups is 1. The van der Waals surface area contributed by atoms with Crippen molar-refractivity contribution in [3.8, 4) is 11.5 Å². The third-order valence-corrected chi connectivity index (χ3v) is 8.31. The number of phenolic OH excluding ortho intramolecular Hbond substituents is 1. The molecule has 0 fully saturated rings. The molecule has 12 heteroatoms. The quantitative estimate of drug-likeness (QED) is 0.194. The number of hydrogen-bond acceptors (Lipinski definition) is 6. The lowest BCUT2D eigenvalue weighted by atomic mass is 10.2. The van der Waals surface area contributed by atoms with E-state index in [1.54, 1.807) is 28.7 Å². The number of carbonyl (C=O) groups excluding carboxylic acids is 1. The first-order valence-corrected chi connectivity index (χ1v) is 12.7. The van der Waals surface area contributed by atoms with Gasteiger partial charge in [-0.25, -0.2) is 4.79 Å². The number of ether oxygens (including phenoxy) is 2. The number of rotatable bonds is 6. The van der Waals surface area contributed by atoms with Crippen LogP contribution in [-0.2, 0) is 14.9 Å². The van der Waals surface area contributed by atoms with E-state index in [1.165, 1.54) is 18.2 Å². The summed E-state index contributed by atoms with van der Waals surface area (Å²) < 4.78 is 45.0. The molecule has 0 aliphatic rings. The highest BCUT2D eigenvalue weighted by Gasteiger charge is 2.24. The minimum atomic E-state index is -4.40. The van der Waals surface area contributed by atoms with Gasteiger partial charge in [-0.3, -0.25) is 4.55 Å². The highest BCUT2D eigenvalue weighted by molar-refractivity contribution is 14.1. The largest absolute Gasteiger partial charge is 0.507 e. The van der Waals surface area contributed by atoms with E-state index in [0.29, 0.717) is 22.0 Å². The number of esters is 1. The van der Waals surface area contributed by atoms with Crippen LogP contribution in [-0.4, -0.2) is 37.3 Å². The van der Waals surface area contributed by atoms with Gasteiger partial charge in [-0.2, -0.15) is 8.42 Å². The maximum Gasteiger partial charge on any atom is 0.338 e. The smallest absolute Gasteiger partial charge is 0.338 e. The van der Waals surface area contributed by atoms with Crippen molar-refractivity contribution < 1.29 is 32.3 Å². The molecule has 2 aromatic carbocycles. The third-order valence-electron chi connectivity index (χ3n) is 3.09. The van der Waals surface area contributed by atoms with Crippen molar-refractivity contribution in [1.82, 2.24) is 0 Å². The van der Waals surface area contributed by atoms with Crippen molar-refractivity contribution in [3.63, 3.8) is 0 Å². The second kappa shape index (κ2) is 9.90. The monoisotopic (exact) mass is 842 g/mol. The van der Waals surface area contributed by atoms with Gasteiger partial charge in [0.25, 0.3) is 10.1 Å². The molecule has 0 unspecified atom stereocenters. The van der Waals surface area contributed by atoms with Crippen molar-refractivity contribution in [2.24, 2.45) is 0 Å². The Morgan fingerprint density at radius 3 is 2.26 bits per heavy atom. The normalized spacial score (nSPS) is 11.3. The summed E-state index contributed by atoms with van der Waals surface area (Å²) in [7, 11) is -4.40. The molecule has 2 N–H and O–H groups in total. The minimum Gasteiger partial charge on any atom is -0.507 e. The average Bonchev–Trinajstić information content (AvgIpc) is 2.54. The van der Waals surface area contributed by atoms with Crippen molar-refractivity contribution in [2.75, 3.05) is 13.2 Å². The van der Waals surface area contributed by atoms with Crippen LogP contribution in [0.2, 0.25) is 0 Å². The first kappa shape index (κ1) is 23.6. The van der Waals surface area contributed by atoms with E-state index in [1.807, 2.05) is 67.8 Å². The number of carbonyl (C=O) groups is 1. The Balaban J connectivity index is 2.05. The fraction of sp³-hybridized carbons (Fsp3) is 0.133. The molecule has 0 radical (unpaired) electrons. The molecule has 0 heterocycles. The summed E-state index contributed by atoms with van der Waals surface area (Å²) in [5.74, 6) is -0.199. The molecular weight excluding hydrogens is 832 g/mol. The summed E-state index contributed by atoms with van der Waals surface area (Å²) in [4.78, 5) is 11.8. The van der Waals surface area contributed by atoms with Crippen molar-refractivity contribution in [2.45, 2.75) is 4.90 Å². The van der Waals surface area contributed by atoms with Crippen LogP contribution in [0.25, 0.3) is 0 Å². The van der Waals surface area contributed by atoms with Crippen LogP contribution >= 0.6 is 90.4 Å². The molecule has 0 spiro atoms. The molecule has 0 saturated carbocycles. The lowest BCUT2D eigenvalue weighted by molar-refractivity contribution is 0.0449. The van der Waals surface area contributed by atoms with E-state index < -0.39 is 16.1 Å². The van der Waals surface area contributed by atoms with Crippen LogP contribution in [0.5, 0.6) is 11.5 Å². The molecule has 0 aliphatic heterocycles. The number of hydrogen-bond donors (Lipinski definition) is 2. The topological polar surface area (TPSA) is 110 Å². The van der Waals surface area contributed by atoms with Crippen molar-refractivity contribution in [3.05, 3.63) is 44.1 Å². The summed E-state index contributed by atoms with van der Waals surface area (Å²) in [5.41, 5.74) is 0.296. The van der Waals surface area contributed by atoms with Gasteiger partial charge < -0.3 is 14.6 Å². The standard InChI is InChI=1S/C15H10I4O7S/c16-8-5-7(1-2-11(8)20)15(21)26-4-3-25-13-9(17)6-10(18)14(12(13)19)27(22,23)24/h1-2,5-6,20H,3-4H2,(H,22,23,24). The Kier molecular flexibility index (Phi) is 8.66. The third kappa shape index (κ3) is 6.16. The molecule has 0 saturated heterocycles. The van der Waals surface area contributed by atoms with Crippen LogP contribution in [0.3, 0.4) is 0 Å². The van der Waals surface area contributed by atoms with Crippen molar-refractivity contribution >= 4 is 106 Å². The van der Waals surface area contributed by atoms with Crippen molar-refractivity contribution in [1.29, 1.82) is 0 Å². The van der Waals surface area contributed by atoms with Crippen LogP contribution in [0.1, 0.15) is 10.4 Å². The fourth-order valence-corrected chi connectivity index (χ4v) is 8.41. The van der Waals surface area contributed by atoms with E-state index in [2.05, 4.69) is 0 Å². The second-order valence-corrected chi connectivity index (χ2v) is 10.9. The summed E-state index contributed by atoms with van der Waals surface area (Å²) in [5, 5.41) is 9.47. The zero-order chi connectivity index (χ0) is 20.4. The van der Waals surface area contributed by atoms with Gasteiger partial charge in [-0.15, -0.1) is 0 Å². The molecule has 2 aromatic rings. The molecular formula is C15H10I4O7S. The van der Waals surface area contributed by atoms with Gasteiger partial charge in [0.05, 0.1) is 16.3 Å². The van der Waals surface area contributed by atoms with Gasteiger partial charge in [0, 0.05) is 3.57 Å². The maximum atomic E-state index is 12.0. The SMILES string of the molecule is O=C(OCCOc1c(I)cc(I)c(S(=O)(=O)O)c1I)c1ccc(O)c(I)c1. The molecule has 7 nitrogen and oxygen atoms in total.